The van der Waals surface area contributed by atoms with Crippen LogP contribution in [0.25, 0.3) is 5.76 Å². The van der Waals surface area contributed by atoms with Gasteiger partial charge in [-0.05, 0) is 31.1 Å². The molecule has 2 aromatic carbocycles. The molecule has 0 saturated carbocycles. The fourth-order valence-corrected chi connectivity index (χ4v) is 2.05. The van der Waals surface area contributed by atoms with Crippen molar-refractivity contribution in [3.63, 3.8) is 0 Å². The van der Waals surface area contributed by atoms with Crippen LogP contribution in [-0.4, -0.2) is 13.7 Å². The Hall–Kier alpha value is -2.22. The lowest BCUT2D eigenvalue weighted by Crippen LogP contribution is -2.00. The Morgan fingerprint density at radius 2 is 1.65 bits per heavy atom. The van der Waals surface area contributed by atoms with Crippen LogP contribution in [0, 0.1) is 0 Å². The number of hydrogen-bond donors (Lipinski definition) is 1. The molecule has 0 radical (unpaired) electrons. The maximum absolute atomic E-state index is 5.44. The lowest BCUT2D eigenvalue weighted by atomic mass is 10.1. The number of ether oxygens (including phenoxy) is 1. The smallest absolute Gasteiger partial charge is 0.122 e. The maximum atomic E-state index is 5.44. The van der Waals surface area contributed by atoms with E-state index in [1.165, 1.54) is 5.69 Å². The Labute approximate surface area is 121 Å². The minimum absolute atomic E-state index is 0.949. The number of rotatable bonds is 7. The monoisotopic (exact) mass is 267 g/mol. The van der Waals surface area contributed by atoms with Gasteiger partial charge in [-0.2, -0.15) is 0 Å². The van der Waals surface area contributed by atoms with Gasteiger partial charge in [-0.3, -0.25) is 0 Å². The highest BCUT2D eigenvalue weighted by molar-refractivity contribution is 5.59. The number of allylic oxidation sites excluding steroid dienone is 1. The van der Waals surface area contributed by atoms with E-state index in [2.05, 4.69) is 35.7 Å². The van der Waals surface area contributed by atoms with Crippen molar-refractivity contribution in [2.24, 2.45) is 0 Å². The molecule has 0 aliphatic rings. The summed E-state index contributed by atoms with van der Waals surface area (Å²) in [7, 11) is 1.72. The second-order valence-electron chi connectivity index (χ2n) is 4.57. The fraction of sp³-hybridized carbons (Fsp3) is 0.222. The Balaban J connectivity index is 1.77. The van der Waals surface area contributed by atoms with Crippen molar-refractivity contribution >= 4 is 11.4 Å². The third-order valence-electron chi connectivity index (χ3n) is 3.09. The number of para-hydroxylation sites is 1. The molecule has 0 amide bonds. The van der Waals surface area contributed by atoms with Gasteiger partial charge in [-0.15, -0.1) is 0 Å². The van der Waals surface area contributed by atoms with Gasteiger partial charge < -0.3 is 10.1 Å². The van der Waals surface area contributed by atoms with Gasteiger partial charge in [0.25, 0.3) is 0 Å². The molecule has 104 valence electrons. The molecule has 0 aliphatic heterocycles. The minimum Gasteiger partial charge on any atom is -0.496 e. The molecule has 0 bridgehead atoms. The molecule has 0 heterocycles. The second-order valence-corrected chi connectivity index (χ2v) is 4.57. The fourth-order valence-electron chi connectivity index (χ4n) is 2.05. The van der Waals surface area contributed by atoms with Crippen molar-refractivity contribution in [1.29, 1.82) is 0 Å². The maximum Gasteiger partial charge on any atom is 0.122 e. The van der Waals surface area contributed by atoms with Gasteiger partial charge in [0.2, 0.25) is 0 Å². The molecule has 2 rings (SSSR count). The van der Waals surface area contributed by atoms with E-state index in [0.29, 0.717) is 0 Å². The van der Waals surface area contributed by atoms with Crippen LogP contribution in [0.5, 0.6) is 0 Å². The third kappa shape index (κ3) is 4.47. The summed E-state index contributed by atoms with van der Waals surface area (Å²) in [5, 5.41) is 3.41. The van der Waals surface area contributed by atoms with E-state index in [-0.39, 0.29) is 0 Å². The predicted molar refractivity (Wildman–Crippen MR) is 85.6 cm³/mol. The summed E-state index contributed by atoms with van der Waals surface area (Å²) < 4.78 is 5.44. The number of anilines is 1. The highest BCUT2D eigenvalue weighted by Crippen LogP contribution is 2.15. The molecular formula is C18H21NO. The van der Waals surface area contributed by atoms with E-state index >= 15 is 0 Å². The Morgan fingerprint density at radius 1 is 1.00 bits per heavy atom. The molecule has 0 unspecified atom stereocenters. The quantitative estimate of drug-likeness (QED) is 0.586. The number of methoxy groups -OCH3 is 1. The van der Waals surface area contributed by atoms with Crippen LogP contribution in [0.1, 0.15) is 18.4 Å². The summed E-state index contributed by atoms with van der Waals surface area (Å²) in [6, 6.07) is 20.5. The standard InChI is InChI=1S/C18H21NO/c1-20-18(16-10-4-2-5-11-16)14-8-9-15-19-17-12-6-3-7-13-17/h2-7,10-14,19H,8-9,15H2,1H3. The largest absolute Gasteiger partial charge is 0.496 e. The van der Waals surface area contributed by atoms with E-state index in [1.54, 1.807) is 7.11 Å². The van der Waals surface area contributed by atoms with Crippen LogP contribution in [0.3, 0.4) is 0 Å². The molecule has 0 aromatic heterocycles. The summed E-state index contributed by atoms with van der Waals surface area (Å²) in [4.78, 5) is 0. The number of benzene rings is 2. The SMILES string of the molecule is COC(=CCCCNc1ccccc1)c1ccccc1. The molecule has 1 N–H and O–H groups in total. The van der Waals surface area contributed by atoms with Crippen LogP contribution < -0.4 is 5.32 Å². The molecule has 0 atom stereocenters. The van der Waals surface area contributed by atoms with E-state index in [1.807, 2.05) is 36.4 Å². The summed E-state index contributed by atoms with van der Waals surface area (Å²) in [5.41, 5.74) is 2.30. The lowest BCUT2D eigenvalue weighted by Gasteiger charge is -2.07. The van der Waals surface area contributed by atoms with Crippen LogP contribution in [-0.2, 0) is 4.74 Å². The van der Waals surface area contributed by atoms with Crippen molar-refractivity contribution in [1.82, 2.24) is 0 Å². The summed E-state index contributed by atoms with van der Waals surface area (Å²) >= 11 is 0. The molecule has 0 saturated heterocycles. The molecule has 0 aliphatic carbocycles. The first-order valence-electron chi connectivity index (χ1n) is 6.98. The molecular weight excluding hydrogens is 246 g/mol. The molecule has 20 heavy (non-hydrogen) atoms. The zero-order valence-corrected chi connectivity index (χ0v) is 11.9. The first kappa shape index (κ1) is 14.2. The third-order valence-corrected chi connectivity index (χ3v) is 3.09. The van der Waals surface area contributed by atoms with Gasteiger partial charge in [-0.1, -0.05) is 48.5 Å². The van der Waals surface area contributed by atoms with Crippen molar-refractivity contribution in [3.8, 4) is 0 Å². The van der Waals surface area contributed by atoms with Crippen LogP contribution in [0.4, 0.5) is 5.69 Å². The van der Waals surface area contributed by atoms with Crippen LogP contribution in [0.15, 0.2) is 66.7 Å². The van der Waals surface area contributed by atoms with Gasteiger partial charge in [0.05, 0.1) is 7.11 Å². The predicted octanol–water partition coefficient (Wildman–Crippen LogP) is 4.57. The highest BCUT2D eigenvalue weighted by atomic mass is 16.5. The number of unbranched alkanes of at least 4 members (excludes halogenated alkanes) is 1. The Bertz CT molecular complexity index is 520. The van der Waals surface area contributed by atoms with Gasteiger partial charge in [0.1, 0.15) is 5.76 Å². The Morgan fingerprint density at radius 3 is 2.30 bits per heavy atom. The average molecular weight is 267 g/mol. The van der Waals surface area contributed by atoms with Crippen molar-refractivity contribution < 1.29 is 4.74 Å². The van der Waals surface area contributed by atoms with Crippen molar-refractivity contribution in [2.75, 3.05) is 19.0 Å². The summed E-state index contributed by atoms with van der Waals surface area (Å²) in [5.74, 6) is 0.949. The first-order chi connectivity index (χ1) is 9.90. The van der Waals surface area contributed by atoms with E-state index in [9.17, 15) is 0 Å². The van der Waals surface area contributed by atoms with Crippen molar-refractivity contribution in [2.45, 2.75) is 12.8 Å². The minimum atomic E-state index is 0.949. The summed E-state index contributed by atoms with van der Waals surface area (Å²) in [6.45, 7) is 0.965. The van der Waals surface area contributed by atoms with Crippen LogP contribution >= 0.6 is 0 Å². The highest BCUT2D eigenvalue weighted by Gasteiger charge is 1.99. The second kappa shape index (κ2) is 8.05. The molecule has 2 heteroatoms. The Kier molecular flexibility index (Phi) is 5.71. The average Bonchev–Trinajstić information content (AvgIpc) is 2.53. The van der Waals surface area contributed by atoms with E-state index in [4.69, 9.17) is 4.74 Å². The molecule has 0 spiro atoms. The normalized spacial score (nSPS) is 11.2. The topological polar surface area (TPSA) is 21.3 Å². The van der Waals surface area contributed by atoms with Gasteiger partial charge in [0, 0.05) is 17.8 Å². The lowest BCUT2D eigenvalue weighted by molar-refractivity contribution is 0.368. The zero-order chi connectivity index (χ0) is 14.0. The number of nitrogens with one attached hydrogen (secondary N) is 1. The van der Waals surface area contributed by atoms with Gasteiger partial charge in [0.15, 0.2) is 0 Å². The van der Waals surface area contributed by atoms with Crippen LogP contribution in [0.2, 0.25) is 0 Å². The number of hydrogen-bond acceptors (Lipinski definition) is 2. The molecule has 2 aromatic rings. The van der Waals surface area contributed by atoms with E-state index in [0.717, 1.165) is 30.7 Å². The first-order valence-corrected chi connectivity index (χ1v) is 6.98. The van der Waals surface area contributed by atoms with Gasteiger partial charge >= 0.3 is 0 Å². The summed E-state index contributed by atoms with van der Waals surface area (Å²) in [6.07, 6.45) is 4.23. The van der Waals surface area contributed by atoms with Crippen molar-refractivity contribution in [3.05, 3.63) is 72.3 Å². The van der Waals surface area contributed by atoms with E-state index < -0.39 is 0 Å². The molecule has 2 nitrogen and oxygen atoms in total. The molecule has 0 fully saturated rings. The van der Waals surface area contributed by atoms with Gasteiger partial charge in [-0.25, -0.2) is 0 Å². The zero-order valence-electron chi connectivity index (χ0n) is 11.9.